The second kappa shape index (κ2) is 7.01. The van der Waals surface area contributed by atoms with Crippen LogP contribution in [0.3, 0.4) is 0 Å². The van der Waals surface area contributed by atoms with Crippen LogP contribution in [-0.2, 0) is 18.8 Å². The van der Waals surface area contributed by atoms with Gasteiger partial charge in [0.15, 0.2) is 5.56 Å². The van der Waals surface area contributed by atoms with Crippen LogP contribution >= 0.6 is 0 Å². The van der Waals surface area contributed by atoms with Gasteiger partial charge in [-0.15, -0.1) is 0 Å². The van der Waals surface area contributed by atoms with Gasteiger partial charge in [0.1, 0.15) is 11.9 Å². The van der Waals surface area contributed by atoms with E-state index in [2.05, 4.69) is 13.8 Å². The summed E-state index contributed by atoms with van der Waals surface area (Å²) in [5.41, 5.74) is -0.929. The molecule has 0 radical (unpaired) electrons. The van der Waals surface area contributed by atoms with Crippen LogP contribution in [0.5, 0.6) is 0 Å². The quantitative estimate of drug-likeness (QED) is 0.811. The van der Waals surface area contributed by atoms with E-state index in [0.717, 1.165) is 24.0 Å². The zero-order chi connectivity index (χ0) is 17.1. The Balaban J connectivity index is 2.24. The lowest BCUT2D eigenvalue weighted by molar-refractivity contribution is 0.0213. The van der Waals surface area contributed by atoms with Crippen LogP contribution in [0.4, 0.5) is 5.82 Å². The van der Waals surface area contributed by atoms with Gasteiger partial charge in [-0.2, -0.15) is 5.26 Å². The summed E-state index contributed by atoms with van der Waals surface area (Å²) in [4.78, 5) is 26.2. The van der Waals surface area contributed by atoms with Gasteiger partial charge in [0.25, 0.3) is 5.56 Å². The van der Waals surface area contributed by atoms with E-state index in [1.165, 1.54) is 11.6 Å². The van der Waals surface area contributed by atoms with Crippen molar-refractivity contribution < 1.29 is 4.74 Å². The van der Waals surface area contributed by atoms with Gasteiger partial charge in [0, 0.05) is 33.8 Å². The Morgan fingerprint density at radius 2 is 1.83 bits per heavy atom. The fourth-order valence-electron chi connectivity index (χ4n) is 2.86. The van der Waals surface area contributed by atoms with Crippen molar-refractivity contribution in [3.63, 3.8) is 0 Å². The Morgan fingerprint density at radius 1 is 1.22 bits per heavy atom. The van der Waals surface area contributed by atoms with Gasteiger partial charge in [0.2, 0.25) is 0 Å². The molecule has 0 aromatic carbocycles. The molecule has 1 aromatic rings. The maximum Gasteiger partial charge on any atom is 0.332 e. The highest BCUT2D eigenvalue weighted by Crippen LogP contribution is 2.22. The highest BCUT2D eigenvalue weighted by atomic mass is 16.5. The number of hydrogen-bond donors (Lipinski definition) is 0. The van der Waals surface area contributed by atoms with Crippen LogP contribution in [0.25, 0.3) is 0 Å². The number of anilines is 1. The van der Waals surface area contributed by atoms with Crippen LogP contribution in [0.2, 0.25) is 0 Å². The maximum absolute atomic E-state index is 12.2. The number of hydrogen-bond acceptors (Lipinski definition) is 5. The Kier molecular flexibility index (Phi) is 5.26. The zero-order valence-corrected chi connectivity index (χ0v) is 14.2. The van der Waals surface area contributed by atoms with Crippen molar-refractivity contribution in [3.05, 3.63) is 26.4 Å². The first-order valence-corrected chi connectivity index (χ1v) is 7.93. The molecule has 2 rings (SSSR count). The van der Waals surface area contributed by atoms with E-state index < -0.39 is 11.2 Å². The van der Waals surface area contributed by atoms with Crippen molar-refractivity contribution in [1.82, 2.24) is 9.13 Å². The first-order valence-electron chi connectivity index (χ1n) is 7.93. The Labute approximate surface area is 135 Å². The molecular weight excluding hydrogens is 296 g/mol. The lowest BCUT2D eigenvalue weighted by Gasteiger charge is -2.34. The van der Waals surface area contributed by atoms with Gasteiger partial charge in [-0.25, -0.2) is 4.79 Å². The van der Waals surface area contributed by atoms with E-state index in [9.17, 15) is 14.9 Å². The van der Waals surface area contributed by atoms with E-state index in [1.54, 1.807) is 7.05 Å². The third-order valence-electron chi connectivity index (χ3n) is 4.15. The molecule has 7 nitrogen and oxygen atoms in total. The SMILES string of the molecule is CC(C)COC1CCN(c2c(C#N)c(=O)n(C)c(=O)n2C)CC1. The van der Waals surface area contributed by atoms with Crippen LogP contribution < -0.4 is 16.1 Å². The minimum absolute atomic E-state index is 0.0242. The van der Waals surface area contributed by atoms with Crippen LogP contribution in [-0.4, -0.2) is 34.9 Å². The molecule has 1 aromatic heterocycles. The largest absolute Gasteiger partial charge is 0.378 e. The third-order valence-corrected chi connectivity index (χ3v) is 4.15. The van der Waals surface area contributed by atoms with Crippen molar-refractivity contribution in [2.45, 2.75) is 32.8 Å². The van der Waals surface area contributed by atoms with Crippen molar-refractivity contribution >= 4 is 5.82 Å². The third kappa shape index (κ3) is 3.48. The number of aromatic nitrogens is 2. The second-order valence-corrected chi connectivity index (χ2v) is 6.43. The minimum atomic E-state index is -0.538. The summed E-state index contributed by atoms with van der Waals surface area (Å²) in [6, 6.07) is 1.96. The van der Waals surface area contributed by atoms with E-state index in [0.29, 0.717) is 24.8 Å². The van der Waals surface area contributed by atoms with Crippen molar-refractivity contribution in [1.29, 1.82) is 5.26 Å². The predicted octanol–water partition coefficient (Wildman–Crippen LogP) is 0.597. The smallest absolute Gasteiger partial charge is 0.332 e. The predicted molar refractivity (Wildman–Crippen MR) is 87.7 cm³/mol. The van der Waals surface area contributed by atoms with E-state index in [1.807, 2.05) is 11.0 Å². The first-order chi connectivity index (χ1) is 10.9. The second-order valence-electron chi connectivity index (χ2n) is 6.43. The fourth-order valence-corrected chi connectivity index (χ4v) is 2.86. The molecule has 7 heteroatoms. The number of ether oxygens (including phenoxy) is 1. The van der Waals surface area contributed by atoms with E-state index >= 15 is 0 Å². The van der Waals surface area contributed by atoms with Crippen LogP contribution in [0.1, 0.15) is 32.3 Å². The summed E-state index contributed by atoms with van der Waals surface area (Å²) in [5.74, 6) is 0.916. The van der Waals surface area contributed by atoms with E-state index in [4.69, 9.17) is 4.74 Å². The standard InChI is InChI=1S/C16H24N4O3/c1-11(2)10-23-12-5-7-20(8-6-12)14-13(9-17)15(21)19(4)16(22)18(14)3/h11-12H,5-8,10H2,1-4H3. The van der Waals surface area contributed by atoms with Crippen LogP contribution in [0, 0.1) is 17.2 Å². The molecule has 1 aliphatic heterocycles. The Bertz CT molecular complexity index is 719. The van der Waals surface area contributed by atoms with Gasteiger partial charge in [-0.1, -0.05) is 13.8 Å². The molecule has 1 fully saturated rings. The number of nitriles is 1. The molecule has 0 amide bonds. The lowest BCUT2D eigenvalue weighted by atomic mass is 10.1. The molecule has 23 heavy (non-hydrogen) atoms. The van der Waals surface area contributed by atoms with Crippen LogP contribution in [0.15, 0.2) is 9.59 Å². The molecule has 0 bridgehead atoms. The fraction of sp³-hybridized carbons (Fsp3) is 0.688. The average molecular weight is 320 g/mol. The summed E-state index contributed by atoms with van der Waals surface area (Å²) in [6.45, 7) is 6.29. The van der Waals surface area contributed by atoms with Gasteiger partial charge >= 0.3 is 5.69 Å². The summed E-state index contributed by atoms with van der Waals surface area (Å²) >= 11 is 0. The molecule has 2 heterocycles. The number of nitrogens with zero attached hydrogens (tertiary/aromatic N) is 4. The molecule has 0 unspecified atom stereocenters. The number of piperidine rings is 1. The summed E-state index contributed by atoms with van der Waals surface area (Å²) < 4.78 is 8.21. The van der Waals surface area contributed by atoms with Gasteiger partial charge in [-0.05, 0) is 18.8 Å². The Hall–Kier alpha value is -2.07. The molecule has 126 valence electrons. The Morgan fingerprint density at radius 3 is 2.35 bits per heavy atom. The lowest BCUT2D eigenvalue weighted by Crippen LogP contribution is -2.45. The molecule has 0 saturated carbocycles. The molecule has 0 atom stereocenters. The molecule has 0 spiro atoms. The topological polar surface area (TPSA) is 80.3 Å². The minimum Gasteiger partial charge on any atom is -0.378 e. The number of rotatable bonds is 4. The first kappa shape index (κ1) is 17.3. The van der Waals surface area contributed by atoms with Crippen molar-refractivity contribution in [3.8, 4) is 6.07 Å². The highest BCUT2D eigenvalue weighted by molar-refractivity contribution is 5.53. The van der Waals surface area contributed by atoms with Crippen molar-refractivity contribution in [2.24, 2.45) is 20.0 Å². The molecular formula is C16H24N4O3. The molecule has 0 N–H and O–H groups in total. The highest BCUT2D eigenvalue weighted by Gasteiger charge is 2.26. The zero-order valence-electron chi connectivity index (χ0n) is 14.2. The van der Waals surface area contributed by atoms with Gasteiger partial charge in [-0.3, -0.25) is 13.9 Å². The summed E-state index contributed by atoms with van der Waals surface area (Å²) in [7, 11) is 2.99. The summed E-state index contributed by atoms with van der Waals surface area (Å²) in [5, 5.41) is 9.34. The average Bonchev–Trinajstić information content (AvgIpc) is 2.54. The molecule has 1 saturated heterocycles. The summed E-state index contributed by atoms with van der Waals surface area (Å²) in [6.07, 6.45) is 1.84. The molecule has 0 aliphatic carbocycles. The normalized spacial score (nSPS) is 15.9. The maximum atomic E-state index is 12.2. The van der Waals surface area contributed by atoms with Gasteiger partial charge in [0.05, 0.1) is 6.10 Å². The monoisotopic (exact) mass is 320 g/mol. The van der Waals surface area contributed by atoms with Crippen molar-refractivity contribution in [2.75, 3.05) is 24.6 Å². The van der Waals surface area contributed by atoms with Gasteiger partial charge < -0.3 is 9.64 Å². The van der Waals surface area contributed by atoms with E-state index in [-0.39, 0.29) is 11.7 Å². The molecule has 1 aliphatic rings.